The summed E-state index contributed by atoms with van der Waals surface area (Å²) >= 11 is 9.77. The molecule has 3 aromatic heterocycles. The van der Waals surface area contributed by atoms with Crippen LogP contribution in [-0.2, 0) is 0 Å². The van der Waals surface area contributed by atoms with Gasteiger partial charge < -0.3 is 0 Å². The SMILES string of the molecule is Cc1cc(Cl)sc1-c1ccc(-c2s[c]([Sn]([CH3])([CH3])[CH3])cc2C)s1. The van der Waals surface area contributed by atoms with E-state index in [-0.39, 0.29) is 0 Å². The van der Waals surface area contributed by atoms with Crippen molar-refractivity contribution in [3.63, 3.8) is 0 Å². The molecule has 0 saturated heterocycles. The third kappa shape index (κ3) is 3.34. The molecule has 0 spiro atoms. The molecule has 3 heterocycles. The first-order valence-electron chi connectivity index (χ1n) is 7.23. The fourth-order valence-electron chi connectivity index (χ4n) is 2.37. The third-order valence-electron chi connectivity index (χ3n) is 3.60. The summed E-state index contributed by atoms with van der Waals surface area (Å²) in [5, 5.41) is 0. The molecule has 0 nitrogen and oxygen atoms in total. The second-order valence-electron chi connectivity index (χ2n) is 6.60. The van der Waals surface area contributed by atoms with Crippen LogP contribution in [0.1, 0.15) is 11.1 Å². The van der Waals surface area contributed by atoms with E-state index in [0.29, 0.717) is 0 Å². The Hall–Kier alpha value is 0.189. The van der Waals surface area contributed by atoms with Gasteiger partial charge in [-0.1, -0.05) is 0 Å². The van der Waals surface area contributed by atoms with Gasteiger partial charge in [-0.25, -0.2) is 0 Å². The summed E-state index contributed by atoms with van der Waals surface area (Å²) in [6.07, 6.45) is 0. The van der Waals surface area contributed by atoms with E-state index < -0.39 is 18.4 Å². The normalized spacial score (nSPS) is 12.1. The van der Waals surface area contributed by atoms with Crippen molar-refractivity contribution in [1.82, 2.24) is 0 Å². The molecule has 0 saturated carbocycles. The Morgan fingerprint density at radius 3 is 1.82 bits per heavy atom. The zero-order chi connectivity index (χ0) is 16.1. The van der Waals surface area contributed by atoms with Crippen molar-refractivity contribution >= 4 is 66.9 Å². The van der Waals surface area contributed by atoms with Crippen molar-refractivity contribution in [2.24, 2.45) is 0 Å². The van der Waals surface area contributed by atoms with Gasteiger partial charge in [-0.3, -0.25) is 0 Å². The maximum atomic E-state index is 6.15. The summed E-state index contributed by atoms with van der Waals surface area (Å²) in [6, 6.07) is 9.01. The molecule has 0 atom stereocenters. The molecule has 0 amide bonds. The van der Waals surface area contributed by atoms with Gasteiger partial charge in [0.15, 0.2) is 0 Å². The van der Waals surface area contributed by atoms with Gasteiger partial charge in [0.1, 0.15) is 0 Å². The topological polar surface area (TPSA) is 0 Å². The van der Waals surface area contributed by atoms with Gasteiger partial charge in [-0.05, 0) is 0 Å². The zero-order valence-electron chi connectivity index (χ0n) is 13.4. The van der Waals surface area contributed by atoms with E-state index in [1.807, 2.05) is 22.7 Å². The molecule has 5 heteroatoms. The second kappa shape index (κ2) is 6.24. The summed E-state index contributed by atoms with van der Waals surface area (Å²) in [6.45, 7) is 4.39. The van der Waals surface area contributed by atoms with Crippen molar-refractivity contribution in [2.75, 3.05) is 0 Å². The molecule has 22 heavy (non-hydrogen) atoms. The van der Waals surface area contributed by atoms with Crippen molar-refractivity contribution in [1.29, 1.82) is 0 Å². The average molecular weight is 474 g/mol. The predicted molar refractivity (Wildman–Crippen MR) is 108 cm³/mol. The Kier molecular flexibility index (Phi) is 4.83. The van der Waals surface area contributed by atoms with Crippen LogP contribution < -0.4 is 2.89 Å². The predicted octanol–water partition coefficient (Wildman–Crippen LogP) is 7.02. The van der Waals surface area contributed by atoms with Gasteiger partial charge in [-0.15, -0.1) is 0 Å². The number of hydrogen-bond donors (Lipinski definition) is 0. The van der Waals surface area contributed by atoms with Crippen LogP contribution in [0.15, 0.2) is 24.3 Å². The van der Waals surface area contributed by atoms with Crippen molar-refractivity contribution in [3.8, 4) is 19.5 Å². The molecule has 0 aromatic carbocycles. The monoisotopic (exact) mass is 474 g/mol. The van der Waals surface area contributed by atoms with Crippen LogP contribution in [0.5, 0.6) is 0 Å². The third-order valence-corrected chi connectivity index (χ3v) is 17.1. The van der Waals surface area contributed by atoms with Crippen LogP contribution >= 0.6 is 45.6 Å². The molecule has 0 radical (unpaired) electrons. The van der Waals surface area contributed by atoms with Gasteiger partial charge in [0.05, 0.1) is 0 Å². The number of hydrogen-bond acceptors (Lipinski definition) is 3. The van der Waals surface area contributed by atoms with Gasteiger partial charge in [0.2, 0.25) is 0 Å². The molecule has 0 fully saturated rings. The Labute approximate surface area is 153 Å². The van der Waals surface area contributed by atoms with E-state index >= 15 is 0 Å². The van der Waals surface area contributed by atoms with E-state index in [2.05, 4.69) is 52.9 Å². The van der Waals surface area contributed by atoms with Crippen LogP contribution in [0.3, 0.4) is 0 Å². The molecule has 0 aliphatic carbocycles. The molecule has 3 aromatic rings. The molecular weight excluding hydrogens is 455 g/mol. The second-order valence-corrected chi connectivity index (χ2v) is 25.8. The Morgan fingerprint density at radius 1 is 0.818 bits per heavy atom. The van der Waals surface area contributed by atoms with Gasteiger partial charge in [0.25, 0.3) is 0 Å². The minimum atomic E-state index is -1.97. The summed E-state index contributed by atoms with van der Waals surface area (Å²) in [7, 11) is 0. The van der Waals surface area contributed by atoms with E-state index in [1.54, 1.807) is 14.2 Å². The van der Waals surface area contributed by atoms with E-state index in [0.717, 1.165) is 4.34 Å². The molecule has 3 rings (SSSR count). The van der Waals surface area contributed by atoms with Crippen LogP contribution in [0, 0.1) is 13.8 Å². The van der Waals surface area contributed by atoms with Gasteiger partial charge in [-0.2, -0.15) is 0 Å². The first-order valence-corrected chi connectivity index (χ1v) is 20.0. The standard InChI is InChI=1S/C14H10ClS3.3CH3.Sn/c1-8-5-6-16-13(8)10-3-4-11(17-10)14-9(2)7-12(15)18-14;;;;/h3-5,7H,1-2H3;3*1H3;. The fourth-order valence-corrected chi connectivity index (χ4v) is 11.6. The Balaban J connectivity index is 2.01. The maximum absolute atomic E-state index is 6.15. The number of thiophene rings is 3. The van der Waals surface area contributed by atoms with Gasteiger partial charge in [0, 0.05) is 0 Å². The summed E-state index contributed by atoms with van der Waals surface area (Å²) in [4.78, 5) is 13.0. The average Bonchev–Trinajstić information content (AvgIpc) is 3.07. The molecule has 0 aliphatic heterocycles. The van der Waals surface area contributed by atoms with Crippen LogP contribution in [0.25, 0.3) is 19.5 Å². The van der Waals surface area contributed by atoms with Crippen molar-refractivity contribution in [3.05, 3.63) is 39.7 Å². The first kappa shape index (κ1) is 17.0. The van der Waals surface area contributed by atoms with E-state index in [1.165, 1.54) is 30.6 Å². The number of halogens is 1. The van der Waals surface area contributed by atoms with Crippen LogP contribution in [-0.4, -0.2) is 18.4 Å². The van der Waals surface area contributed by atoms with Crippen LogP contribution in [0.2, 0.25) is 19.2 Å². The Bertz CT molecular complexity index is 817. The summed E-state index contributed by atoms with van der Waals surface area (Å²) in [5.74, 6) is 0. The molecular formula is C17H19ClS3Sn. The molecule has 116 valence electrons. The zero-order valence-corrected chi connectivity index (χ0v) is 19.5. The summed E-state index contributed by atoms with van der Waals surface area (Å²) in [5.41, 5.74) is 2.71. The van der Waals surface area contributed by atoms with Crippen molar-refractivity contribution in [2.45, 2.75) is 28.7 Å². The Morgan fingerprint density at radius 2 is 1.36 bits per heavy atom. The summed E-state index contributed by atoms with van der Waals surface area (Å²) < 4.78 is 2.53. The molecule has 0 unspecified atom stereocenters. The molecule has 0 bridgehead atoms. The first-order chi connectivity index (χ1) is 10.3. The number of aryl methyl sites for hydroxylation is 2. The van der Waals surface area contributed by atoms with Crippen molar-refractivity contribution < 1.29 is 0 Å². The quantitative estimate of drug-likeness (QED) is 0.359. The van der Waals surface area contributed by atoms with Crippen LogP contribution in [0.4, 0.5) is 0 Å². The van der Waals surface area contributed by atoms with E-state index in [9.17, 15) is 0 Å². The minimum absolute atomic E-state index is 0.874. The number of rotatable bonds is 3. The van der Waals surface area contributed by atoms with Gasteiger partial charge >= 0.3 is 155 Å². The van der Waals surface area contributed by atoms with E-state index in [4.69, 9.17) is 11.6 Å². The molecule has 0 aliphatic rings. The molecule has 0 N–H and O–H groups in total. The fraction of sp³-hybridized carbons (Fsp3) is 0.294.